The van der Waals surface area contributed by atoms with Crippen molar-refractivity contribution in [3.05, 3.63) is 17.6 Å². The largest absolute Gasteiger partial charge is 0.376 e. The second-order valence-electron chi connectivity index (χ2n) is 8.80. The molecule has 0 spiro atoms. The average Bonchev–Trinajstić information content (AvgIpc) is 3.18. The van der Waals surface area contributed by atoms with Crippen LogP contribution < -0.4 is 0 Å². The highest BCUT2D eigenvalue weighted by atomic mass is 32.2. The number of nitrogens with zero attached hydrogens (tertiary/aromatic N) is 6. The van der Waals surface area contributed by atoms with Crippen molar-refractivity contribution < 1.29 is 4.74 Å². The van der Waals surface area contributed by atoms with Crippen molar-refractivity contribution in [2.75, 3.05) is 6.61 Å². The predicted octanol–water partition coefficient (Wildman–Crippen LogP) is 3.39. The highest BCUT2D eigenvalue weighted by Crippen LogP contribution is 2.31. The molecule has 0 bridgehead atoms. The van der Waals surface area contributed by atoms with E-state index in [1.807, 2.05) is 10.7 Å². The van der Waals surface area contributed by atoms with Crippen LogP contribution in [0, 0.1) is 0 Å². The summed E-state index contributed by atoms with van der Waals surface area (Å²) in [7, 11) is 0. The lowest BCUT2D eigenvalue weighted by atomic mass is 9.90. The van der Waals surface area contributed by atoms with Crippen LogP contribution in [-0.4, -0.2) is 42.9 Å². The van der Waals surface area contributed by atoms with Crippen LogP contribution in [0.25, 0.3) is 0 Å². The molecule has 8 heteroatoms. The summed E-state index contributed by atoms with van der Waals surface area (Å²) in [6.45, 7) is 14.4. The zero-order valence-corrected chi connectivity index (χ0v) is 17.3. The Morgan fingerprint density at radius 1 is 1.15 bits per heavy atom. The van der Waals surface area contributed by atoms with E-state index in [0.29, 0.717) is 6.54 Å². The van der Waals surface area contributed by atoms with Crippen LogP contribution in [0.3, 0.4) is 0 Å². The summed E-state index contributed by atoms with van der Waals surface area (Å²) in [4.78, 5) is 9.59. The maximum atomic E-state index is 5.71. The zero-order chi connectivity index (χ0) is 18.9. The van der Waals surface area contributed by atoms with Gasteiger partial charge in [0.2, 0.25) is 5.16 Å². The van der Waals surface area contributed by atoms with Crippen LogP contribution in [0.2, 0.25) is 0 Å². The van der Waals surface area contributed by atoms with E-state index in [1.165, 1.54) is 11.8 Å². The van der Waals surface area contributed by atoms with Gasteiger partial charge in [-0.05, 0) is 41.1 Å². The standard InChI is InChI=1S/C18H28N6OS/c1-17(2,3)13-10-14(20-15(19-13)18(4,5)6)26-16-21-22-23-24(16)11-12-8-7-9-25-12/h10,12H,7-9,11H2,1-6H3. The van der Waals surface area contributed by atoms with Crippen LogP contribution in [0.15, 0.2) is 16.2 Å². The third kappa shape index (κ3) is 4.59. The van der Waals surface area contributed by atoms with E-state index in [9.17, 15) is 0 Å². The first-order valence-corrected chi connectivity index (χ1v) is 9.90. The van der Waals surface area contributed by atoms with E-state index in [0.717, 1.165) is 41.1 Å². The molecule has 7 nitrogen and oxygen atoms in total. The summed E-state index contributed by atoms with van der Waals surface area (Å²) >= 11 is 1.48. The molecule has 2 aromatic heterocycles. The van der Waals surface area contributed by atoms with Gasteiger partial charge >= 0.3 is 0 Å². The Balaban J connectivity index is 1.89. The smallest absolute Gasteiger partial charge is 0.215 e. The van der Waals surface area contributed by atoms with Gasteiger partial charge in [-0.15, -0.1) is 5.10 Å². The summed E-state index contributed by atoms with van der Waals surface area (Å²) < 4.78 is 7.52. The minimum atomic E-state index is -0.125. The van der Waals surface area contributed by atoms with Gasteiger partial charge in [0.15, 0.2) is 0 Å². The van der Waals surface area contributed by atoms with Gasteiger partial charge in [0.05, 0.1) is 18.3 Å². The molecule has 3 heterocycles. The third-order valence-corrected chi connectivity index (χ3v) is 5.13. The van der Waals surface area contributed by atoms with Crippen LogP contribution in [0.1, 0.15) is 65.9 Å². The van der Waals surface area contributed by atoms with Crippen molar-refractivity contribution in [1.82, 2.24) is 30.2 Å². The maximum absolute atomic E-state index is 5.71. The fraction of sp³-hybridized carbons (Fsp3) is 0.722. The molecule has 1 atom stereocenters. The Kier molecular flexibility index (Phi) is 5.35. The predicted molar refractivity (Wildman–Crippen MR) is 100 cm³/mol. The number of tetrazole rings is 1. The Morgan fingerprint density at radius 3 is 2.54 bits per heavy atom. The molecule has 1 unspecified atom stereocenters. The fourth-order valence-electron chi connectivity index (χ4n) is 2.66. The number of ether oxygens (including phenoxy) is 1. The summed E-state index contributed by atoms with van der Waals surface area (Å²) in [5, 5.41) is 13.8. The molecule has 26 heavy (non-hydrogen) atoms. The summed E-state index contributed by atoms with van der Waals surface area (Å²) in [5.41, 5.74) is 0.847. The molecule has 1 saturated heterocycles. The third-order valence-electron chi connectivity index (χ3n) is 4.24. The summed E-state index contributed by atoms with van der Waals surface area (Å²) in [5.74, 6) is 0.838. The molecule has 0 aliphatic carbocycles. The van der Waals surface area contributed by atoms with Crippen molar-refractivity contribution in [3.63, 3.8) is 0 Å². The average molecular weight is 377 g/mol. The second kappa shape index (κ2) is 7.23. The monoisotopic (exact) mass is 376 g/mol. The van der Waals surface area contributed by atoms with Crippen molar-refractivity contribution in [3.8, 4) is 0 Å². The van der Waals surface area contributed by atoms with E-state index < -0.39 is 0 Å². The van der Waals surface area contributed by atoms with Gasteiger partial charge in [0.25, 0.3) is 0 Å². The number of aromatic nitrogens is 6. The van der Waals surface area contributed by atoms with Crippen LogP contribution >= 0.6 is 11.8 Å². The molecule has 142 valence electrons. The zero-order valence-electron chi connectivity index (χ0n) is 16.5. The highest BCUT2D eigenvalue weighted by Gasteiger charge is 2.25. The minimum Gasteiger partial charge on any atom is -0.376 e. The molecule has 0 aromatic carbocycles. The van der Waals surface area contributed by atoms with Crippen molar-refractivity contribution in [1.29, 1.82) is 0 Å². The lowest BCUT2D eigenvalue weighted by Gasteiger charge is -2.23. The molecule has 0 amide bonds. The number of rotatable bonds is 4. The van der Waals surface area contributed by atoms with Gasteiger partial charge in [-0.25, -0.2) is 14.6 Å². The molecular weight excluding hydrogens is 348 g/mol. The normalized spacial score (nSPS) is 18.5. The lowest BCUT2D eigenvalue weighted by molar-refractivity contribution is 0.0912. The molecule has 0 saturated carbocycles. The van der Waals surface area contributed by atoms with Crippen LogP contribution in [0.5, 0.6) is 0 Å². The molecule has 1 fully saturated rings. The highest BCUT2D eigenvalue weighted by molar-refractivity contribution is 7.99. The van der Waals surface area contributed by atoms with Crippen molar-refractivity contribution in [2.24, 2.45) is 0 Å². The molecule has 2 aromatic rings. The van der Waals surface area contributed by atoms with Crippen LogP contribution in [-0.2, 0) is 22.1 Å². The molecule has 1 aliphatic rings. The molecule has 0 N–H and O–H groups in total. The van der Waals surface area contributed by atoms with Crippen molar-refractivity contribution in [2.45, 2.75) is 88.0 Å². The van der Waals surface area contributed by atoms with Crippen LogP contribution in [0.4, 0.5) is 0 Å². The SMILES string of the molecule is CC(C)(C)c1cc(Sc2nnnn2CC2CCCO2)nc(C(C)(C)C)n1. The van der Waals surface area contributed by atoms with E-state index in [4.69, 9.17) is 14.7 Å². The van der Waals surface area contributed by atoms with E-state index in [1.54, 1.807) is 0 Å². The van der Waals surface area contributed by atoms with E-state index >= 15 is 0 Å². The lowest BCUT2D eigenvalue weighted by Crippen LogP contribution is -2.22. The van der Waals surface area contributed by atoms with Gasteiger partial charge < -0.3 is 4.74 Å². The molecule has 1 aliphatic heterocycles. The first-order valence-electron chi connectivity index (χ1n) is 9.08. The quantitative estimate of drug-likeness (QED) is 0.757. The topological polar surface area (TPSA) is 78.6 Å². The minimum absolute atomic E-state index is 0.0537. The Hall–Kier alpha value is -1.54. The molecular formula is C18H28N6OS. The van der Waals surface area contributed by atoms with Gasteiger partial charge in [-0.2, -0.15) is 0 Å². The van der Waals surface area contributed by atoms with Gasteiger partial charge in [0.1, 0.15) is 10.9 Å². The summed E-state index contributed by atoms with van der Waals surface area (Å²) in [6.07, 6.45) is 2.35. The second-order valence-corrected chi connectivity index (χ2v) is 9.78. The summed E-state index contributed by atoms with van der Waals surface area (Å²) in [6, 6.07) is 2.05. The Morgan fingerprint density at radius 2 is 1.92 bits per heavy atom. The van der Waals surface area contributed by atoms with E-state index in [2.05, 4.69) is 57.1 Å². The van der Waals surface area contributed by atoms with Gasteiger partial charge in [0, 0.05) is 17.4 Å². The number of hydrogen-bond acceptors (Lipinski definition) is 7. The van der Waals surface area contributed by atoms with Gasteiger partial charge in [-0.3, -0.25) is 0 Å². The molecule has 0 radical (unpaired) electrons. The first-order chi connectivity index (χ1) is 12.1. The number of hydrogen-bond donors (Lipinski definition) is 0. The maximum Gasteiger partial charge on any atom is 0.215 e. The van der Waals surface area contributed by atoms with Gasteiger partial charge in [-0.1, -0.05) is 41.5 Å². The Bertz CT molecular complexity index is 724. The van der Waals surface area contributed by atoms with Crippen molar-refractivity contribution >= 4 is 11.8 Å². The van der Waals surface area contributed by atoms with E-state index in [-0.39, 0.29) is 16.9 Å². The first kappa shape index (κ1) is 19.2. The fourth-order valence-corrected chi connectivity index (χ4v) is 3.44. The Labute approximate surface area is 159 Å². The molecule has 3 rings (SSSR count).